The van der Waals surface area contributed by atoms with E-state index in [0.29, 0.717) is 11.9 Å². The van der Waals surface area contributed by atoms with E-state index in [1.54, 1.807) is 6.92 Å². The Bertz CT molecular complexity index is 774. The zero-order valence-electron chi connectivity index (χ0n) is 12.0. The van der Waals surface area contributed by atoms with Crippen LogP contribution in [0.5, 0.6) is 0 Å². The van der Waals surface area contributed by atoms with E-state index in [1.165, 1.54) is 6.07 Å². The molecule has 0 atom stereocenters. The molecule has 1 N–H and O–H groups in total. The molecule has 10 heteroatoms. The van der Waals surface area contributed by atoms with Crippen LogP contribution in [0, 0.1) is 6.92 Å². The van der Waals surface area contributed by atoms with Crippen LogP contribution >= 0.6 is 34.8 Å². The molecule has 0 saturated heterocycles. The molecule has 0 unspecified atom stereocenters. The van der Waals surface area contributed by atoms with E-state index in [9.17, 15) is 18.0 Å². The highest BCUT2D eigenvalue weighted by Gasteiger charge is 2.31. The van der Waals surface area contributed by atoms with Crippen molar-refractivity contribution in [3.8, 4) is 0 Å². The molecule has 2 aromatic heterocycles. The number of nitrogens with one attached hydrogen (secondary N) is 1. The SMILES string of the molecule is Cc1cc(Cl)c(C(=O)NCc2ncc(C(F)(F)F)cc2Cl)c(Cl)n1. The van der Waals surface area contributed by atoms with Gasteiger partial charge in [-0.1, -0.05) is 34.8 Å². The van der Waals surface area contributed by atoms with Gasteiger partial charge in [-0.25, -0.2) is 4.98 Å². The first-order valence-corrected chi connectivity index (χ1v) is 7.55. The molecule has 0 aliphatic rings. The highest BCUT2D eigenvalue weighted by atomic mass is 35.5. The highest BCUT2D eigenvalue weighted by molar-refractivity contribution is 6.39. The van der Waals surface area contributed by atoms with Crippen molar-refractivity contribution in [1.29, 1.82) is 0 Å². The Balaban J connectivity index is 2.16. The van der Waals surface area contributed by atoms with Crippen LogP contribution in [0.15, 0.2) is 18.3 Å². The first-order valence-electron chi connectivity index (χ1n) is 6.42. The van der Waals surface area contributed by atoms with Crippen molar-refractivity contribution < 1.29 is 18.0 Å². The maximum absolute atomic E-state index is 12.6. The summed E-state index contributed by atoms with van der Waals surface area (Å²) in [5.74, 6) is -0.643. The third-order valence-electron chi connectivity index (χ3n) is 2.94. The lowest BCUT2D eigenvalue weighted by Crippen LogP contribution is -2.24. The minimum atomic E-state index is -4.55. The Labute approximate surface area is 150 Å². The fourth-order valence-electron chi connectivity index (χ4n) is 1.80. The maximum Gasteiger partial charge on any atom is 0.417 e. The first kappa shape index (κ1) is 18.8. The zero-order valence-corrected chi connectivity index (χ0v) is 14.3. The topological polar surface area (TPSA) is 54.9 Å². The average molecular weight is 399 g/mol. The van der Waals surface area contributed by atoms with Gasteiger partial charge in [0.25, 0.3) is 5.91 Å². The number of amides is 1. The molecule has 0 radical (unpaired) electrons. The lowest BCUT2D eigenvalue weighted by atomic mass is 10.2. The van der Waals surface area contributed by atoms with Crippen molar-refractivity contribution in [1.82, 2.24) is 15.3 Å². The van der Waals surface area contributed by atoms with Crippen molar-refractivity contribution >= 4 is 40.7 Å². The molecule has 0 bridgehead atoms. The minimum Gasteiger partial charge on any atom is -0.346 e. The number of carbonyl (C=O) groups excluding carboxylic acids is 1. The Hall–Kier alpha value is -1.57. The Kier molecular flexibility index (Phi) is 5.57. The normalized spacial score (nSPS) is 11.5. The summed E-state index contributed by atoms with van der Waals surface area (Å²) in [7, 11) is 0. The molecule has 0 fully saturated rings. The molecule has 4 nitrogen and oxygen atoms in total. The number of pyridine rings is 2. The van der Waals surface area contributed by atoms with E-state index in [4.69, 9.17) is 34.8 Å². The second kappa shape index (κ2) is 7.13. The molecule has 0 aliphatic carbocycles. The molecular formula is C14H9Cl3F3N3O. The molecule has 0 aromatic carbocycles. The van der Waals surface area contributed by atoms with Gasteiger partial charge < -0.3 is 5.32 Å². The molecule has 0 spiro atoms. The van der Waals surface area contributed by atoms with Gasteiger partial charge in [0.2, 0.25) is 0 Å². The van der Waals surface area contributed by atoms with Crippen LogP contribution in [0.4, 0.5) is 13.2 Å². The van der Waals surface area contributed by atoms with E-state index in [-0.39, 0.29) is 33.0 Å². The number of hydrogen-bond acceptors (Lipinski definition) is 3. The largest absolute Gasteiger partial charge is 0.417 e. The van der Waals surface area contributed by atoms with Gasteiger partial charge in [0.05, 0.1) is 33.4 Å². The third-order valence-corrected chi connectivity index (χ3v) is 3.84. The van der Waals surface area contributed by atoms with E-state index in [1.807, 2.05) is 0 Å². The van der Waals surface area contributed by atoms with E-state index >= 15 is 0 Å². The van der Waals surface area contributed by atoms with Crippen molar-refractivity contribution in [3.05, 3.63) is 56.0 Å². The number of nitrogens with zero attached hydrogens (tertiary/aromatic N) is 2. The van der Waals surface area contributed by atoms with Crippen LogP contribution in [0.3, 0.4) is 0 Å². The molecule has 0 aliphatic heterocycles. The van der Waals surface area contributed by atoms with E-state index in [2.05, 4.69) is 15.3 Å². The number of halogens is 6. The summed E-state index contributed by atoms with van der Waals surface area (Å²) in [6.07, 6.45) is -3.91. The van der Waals surface area contributed by atoms with Gasteiger partial charge in [-0.15, -0.1) is 0 Å². The summed E-state index contributed by atoms with van der Waals surface area (Å²) >= 11 is 17.6. The average Bonchev–Trinajstić information content (AvgIpc) is 2.43. The maximum atomic E-state index is 12.6. The molecule has 0 saturated carbocycles. The minimum absolute atomic E-state index is 0.0352. The molecule has 1 amide bonds. The van der Waals surface area contributed by atoms with Crippen LogP contribution in [-0.4, -0.2) is 15.9 Å². The summed E-state index contributed by atoms with van der Waals surface area (Å²) in [4.78, 5) is 19.7. The first-order chi connectivity index (χ1) is 11.1. The number of carbonyl (C=O) groups is 1. The fraction of sp³-hybridized carbons (Fsp3) is 0.214. The lowest BCUT2D eigenvalue weighted by molar-refractivity contribution is -0.137. The predicted molar refractivity (Wildman–Crippen MR) is 84.4 cm³/mol. The summed E-state index contributed by atoms with van der Waals surface area (Å²) in [5, 5.41) is 2.25. The molecule has 2 rings (SSSR count). The summed E-state index contributed by atoms with van der Waals surface area (Å²) in [5.41, 5.74) is -0.400. The molecule has 2 heterocycles. The van der Waals surface area contributed by atoms with Crippen LogP contribution in [0.2, 0.25) is 15.2 Å². The van der Waals surface area contributed by atoms with Crippen molar-refractivity contribution in [2.45, 2.75) is 19.6 Å². The second-order valence-corrected chi connectivity index (χ2v) is 5.92. The van der Waals surface area contributed by atoms with Gasteiger partial charge in [-0.05, 0) is 19.1 Å². The molecular weight excluding hydrogens is 390 g/mol. The van der Waals surface area contributed by atoms with Crippen LogP contribution < -0.4 is 5.32 Å². The molecule has 2 aromatic rings. The smallest absolute Gasteiger partial charge is 0.346 e. The highest BCUT2D eigenvalue weighted by Crippen LogP contribution is 2.31. The van der Waals surface area contributed by atoms with Gasteiger partial charge >= 0.3 is 6.18 Å². The Morgan fingerprint density at radius 2 is 1.88 bits per heavy atom. The molecule has 24 heavy (non-hydrogen) atoms. The number of aromatic nitrogens is 2. The Morgan fingerprint density at radius 3 is 2.42 bits per heavy atom. The Morgan fingerprint density at radius 1 is 1.21 bits per heavy atom. The predicted octanol–water partition coefficient (Wildman–Crippen LogP) is 4.69. The second-order valence-electron chi connectivity index (χ2n) is 4.74. The van der Waals surface area contributed by atoms with Gasteiger partial charge in [0.1, 0.15) is 5.15 Å². The standard InChI is InChI=1S/C14H9Cl3F3N3O/c1-6-2-9(16)11(12(17)23-6)13(24)22-5-10-8(15)3-7(4-21-10)14(18,19)20/h2-4H,5H2,1H3,(H,22,24). The summed E-state index contributed by atoms with van der Waals surface area (Å²) in [6.45, 7) is 1.46. The quantitative estimate of drug-likeness (QED) is 0.763. The van der Waals surface area contributed by atoms with Crippen molar-refractivity contribution in [2.24, 2.45) is 0 Å². The number of aryl methyl sites for hydroxylation is 1. The van der Waals surface area contributed by atoms with Gasteiger partial charge in [0, 0.05) is 11.9 Å². The van der Waals surface area contributed by atoms with Crippen LogP contribution in [0.25, 0.3) is 0 Å². The van der Waals surface area contributed by atoms with E-state index < -0.39 is 17.6 Å². The fourth-order valence-corrected chi connectivity index (χ4v) is 2.74. The van der Waals surface area contributed by atoms with E-state index in [0.717, 1.165) is 6.07 Å². The van der Waals surface area contributed by atoms with Gasteiger partial charge in [-0.2, -0.15) is 13.2 Å². The number of hydrogen-bond donors (Lipinski definition) is 1. The van der Waals surface area contributed by atoms with Crippen molar-refractivity contribution in [2.75, 3.05) is 0 Å². The molecule has 128 valence electrons. The van der Waals surface area contributed by atoms with Crippen molar-refractivity contribution in [3.63, 3.8) is 0 Å². The summed E-state index contributed by atoms with van der Waals surface area (Å²) < 4.78 is 37.7. The monoisotopic (exact) mass is 397 g/mol. The van der Waals surface area contributed by atoms with Crippen LogP contribution in [-0.2, 0) is 12.7 Å². The lowest BCUT2D eigenvalue weighted by Gasteiger charge is -2.11. The number of alkyl halides is 3. The summed E-state index contributed by atoms with van der Waals surface area (Å²) in [6, 6.07) is 2.20. The van der Waals surface area contributed by atoms with Crippen LogP contribution in [0.1, 0.15) is 27.3 Å². The zero-order chi connectivity index (χ0) is 18.1. The van der Waals surface area contributed by atoms with Gasteiger partial charge in [0.15, 0.2) is 0 Å². The van der Waals surface area contributed by atoms with Gasteiger partial charge in [-0.3, -0.25) is 9.78 Å². The number of rotatable bonds is 3. The third kappa shape index (κ3) is 4.28.